The summed E-state index contributed by atoms with van der Waals surface area (Å²) < 4.78 is 27.3. The third kappa shape index (κ3) is 4.76. The van der Waals surface area contributed by atoms with Gasteiger partial charge in [0.2, 0.25) is 10.0 Å². The lowest BCUT2D eigenvalue weighted by Crippen LogP contribution is -2.48. The molecule has 1 aromatic heterocycles. The Bertz CT molecular complexity index is 815. The summed E-state index contributed by atoms with van der Waals surface area (Å²) in [6, 6.07) is 9.51. The molecule has 3 rings (SSSR count). The van der Waals surface area contributed by atoms with Crippen LogP contribution in [-0.4, -0.2) is 67.4 Å². The van der Waals surface area contributed by atoms with Gasteiger partial charge in [-0.2, -0.15) is 4.31 Å². The summed E-state index contributed by atoms with van der Waals surface area (Å²) in [5.41, 5.74) is 0.944. The van der Waals surface area contributed by atoms with Crippen molar-refractivity contribution < 1.29 is 13.2 Å². The molecule has 139 valence electrons. The Labute approximate surface area is 158 Å². The number of rotatable bonds is 7. The fourth-order valence-electron chi connectivity index (χ4n) is 3.03. The lowest BCUT2D eigenvalue weighted by Gasteiger charge is -2.32. The number of carbonyl (C=O) groups excluding carboxylic acids is 1. The van der Waals surface area contributed by atoms with E-state index < -0.39 is 15.9 Å². The average molecular weight is 393 g/mol. The number of sulfonamides is 1. The van der Waals surface area contributed by atoms with Crippen LogP contribution in [0.25, 0.3) is 0 Å². The normalized spacial score (nSPS) is 17.9. The lowest BCUT2D eigenvalue weighted by atomic mass is 9.97. The van der Waals surface area contributed by atoms with E-state index in [-0.39, 0.29) is 11.5 Å². The largest absolute Gasteiger partial charge is 0.304 e. The number of thiazole rings is 1. The molecule has 0 spiro atoms. The van der Waals surface area contributed by atoms with Crippen LogP contribution >= 0.6 is 11.3 Å². The topological polar surface area (TPSA) is 70.6 Å². The standard InChI is InChI=1S/C18H22N3O3S2/c1-20-8-10-21(11-9-20)26(23,24)14-16(13-15-5-3-2-4-6-15)17(22)18-19-7-12-25-18/h2-6,12,16H,8-11,13-14H2,1H3/t16-/m1/s1. The van der Waals surface area contributed by atoms with Crippen LogP contribution in [0.1, 0.15) is 15.4 Å². The lowest BCUT2D eigenvalue weighted by molar-refractivity contribution is 0.0929. The highest BCUT2D eigenvalue weighted by molar-refractivity contribution is 7.89. The minimum atomic E-state index is -3.51. The number of aromatic nitrogens is 1. The molecule has 6 nitrogen and oxygen atoms in total. The molecule has 0 amide bonds. The summed E-state index contributed by atoms with van der Waals surface area (Å²) >= 11 is 1.20. The first-order chi connectivity index (χ1) is 12.5. The maximum atomic E-state index is 12.9. The third-order valence-corrected chi connectivity index (χ3v) is 7.28. The molecule has 1 aliphatic rings. The highest BCUT2D eigenvalue weighted by Crippen LogP contribution is 2.20. The zero-order valence-electron chi connectivity index (χ0n) is 14.7. The van der Waals surface area contributed by atoms with Crippen LogP contribution < -0.4 is 0 Å². The summed E-state index contributed by atoms with van der Waals surface area (Å²) in [6.45, 7) is 2.35. The van der Waals surface area contributed by atoms with Crippen LogP contribution in [-0.2, 0) is 16.4 Å². The maximum Gasteiger partial charge on any atom is 0.214 e. The van der Waals surface area contributed by atoms with Crippen molar-refractivity contribution in [2.75, 3.05) is 39.0 Å². The van der Waals surface area contributed by atoms with Crippen LogP contribution in [0.4, 0.5) is 0 Å². The van der Waals surface area contributed by atoms with Crippen molar-refractivity contribution in [3.63, 3.8) is 0 Å². The molecular weight excluding hydrogens is 370 g/mol. The first-order valence-corrected chi connectivity index (χ1v) is 11.0. The van der Waals surface area contributed by atoms with E-state index in [1.807, 2.05) is 37.4 Å². The van der Waals surface area contributed by atoms with E-state index in [0.717, 1.165) is 5.56 Å². The Balaban J connectivity index is 1.79. The first kappa shape index (κ1) is 19.2. The molecule has 0 saturated carbocycles. The predicted molar refractivity (Wildman–Crippen MR) is 102 cm³/mol. The number of Topliss-reactive ketones (excluding diaryl/α,β-unsaturated/α-hetero) is 1. The van der Waals surface area contributed by atoms with Crippen LogP contribution in [0.3, 0.4) is 0 Å². The van der Waals surface area contributed by atoms with Crippen LogP contribution in [0.15, 0.2) is 35.7 Å². The highest BCUT2D eigenvalue weighted by atomic mass is 32.2. The fraction of sp³-hybridized carbons (Fsp3) is 0.444. The molecule has 0 bridgehead atoms. The van der Waals surface area contributed by atoms with E-state index in [4.69, 9.17) is 0 Å². The van der Waals surface area contributed by atoms with Gasteiger partial charge in [-0.05, 0) is 19.0 Å². The Kier molecular flexibility index (Phi) is 6.18. The minimum absolute atomic E-state index is 0.190. The van der Waals surface area contributed by atoms with E-state index in [1.165, 1.54) is 15.6 Å². The molecule has 1 radical (unpaired) electrons. The van der Waals surface area contributed by atoms with Crippen molar-refractivity contribution in [2.24, 2.45) is 5.92 Å². The quantitative estimate of drug-likeness (QED) is 0.669. The van der Waals surface area contributed by atoms with E-state index in [0.29, 0.717) is 37.6 Å². The molecule has 1 atom stereocenters. The monoisotopic (exact) mass is 392 g/mol. The number of ketones is 1. The Morgan fingerprint density at radius 2 is 1.92 bits per heavy atom. The van der Waals surface area contributed by atoms with Gasteiger partial charge in [-0.15, -0.1) is 11.3 Å². The van der Waals surface area contributed by atoms with Crippen LogP contribution in [0.5, 0.6) is 0 Å². The van der Waals surface area contributed by atoms with Gasteiger partial charge in [-0.25, -0.2) is 13.4 Å². The maximum absolute atomic E-state index is 12.9. The third-order valence-electron chi connectivity index (χ3n) is 4.56. The molecule has 26 heavy (non-hydrogen) atoms. The predicted octanol–water partition coefficient (Wildman–Crippen LogP) is 1.56. The second-order valence-corrected chi connectivity index (χ2v) is 9.39. The molecule has 0 aliphatic carbocycles. The highest BCUT2D eigenvalue weighted by Gasteiger charge is 2.33. The Morgan fingerprint density at radius 1 is 1.23 bits per heavy atom. The number of piperazine rings is 1. The smallest absolute Gasteiger partial charge is 0.214 e. The summed E-state index contributed by atoms with van der Waals surface area (Å²) in [6.07, 6.45) is 3.02. The Hall–Kier alpha value is -1.61. The summed E-state index contributed by atoms with van der Waals surface area (Å²) in [4.78, 5) is 18.9. The molecule has 2 aromatic rings. The number of hydrogen-bond acceptors (Lipinski definition) is 6. The van der Waals surface area contributed by atoms with E-state index in [9.17, 15) is 13.2 Å². The second kappa shape index (κ2) is 8.39. The van der Waals surface area contributed by atoms with Crippen molar-refractivity contribution in [3.8, 4) is 0 Å². The summed E-state index contributed by atoms with van der Waals surface area (Å²) in [7, 11) is -1.53. The number of benzene rings is 1. The number of hydrogen-bond donors (Lipinski definition) is 0. The van der Waals surface area contributed by atoms with Gasteiger partial charge >= 0.3 is 0 Å². The van der Waals surface area contributed by atoms with Gasteiger partial charge in [-0.3, -0.25) is 4.79 Å². The molecule has 1 fully saturated rings. The van der Waals surface area contributed by atoms with Gasteiger partial charge < -0.3 is 4.90 Å². The molecule has 1 saturated heterocycles. The number of carbonyl (C=O) groups is 1. The molecule has 2 heterocycles. The van der Waals surface area contributed by atoms with Gasteiger partial charge in [0.1, 0.15) is 6.20 Å². The molecule has 0 N–H and O–H groups in total. The summed E-state index contributed by atoms with van der Waals surface area (Å²) in [5.74, 6) is -1.07. The molecule has 8 heteroatoms. The zero-order valence-corrected chi connectivity index (χ0v) is 16.3. The van der Waals surface area contributed by atoms with Crippen molar-refractivity contribution in [2.45, 2.75) is 6.42 Å². The molecule has 1 aliphatic heterocycles. The van der Waals surface area contributed by atoms with E-state index >= 15 is 0 Å². The van der Waals surface area contributed by atoms with Gasteiger partial charge in [0.15, 0.2) is 10.8 Å². The van der Waals surface area contributed by atoms with Crippen LogP contribution in [0.2, 0.25) is 0 Å². The fourth-order valence-corrected chi connectivity index (χ4v) is 5.35. The van der Waals surface area contributed by atoms with Crippen molar-refractivity contribution in [3.05, 3.63) is 52.5 Å². The summed E-state index contributed by atoms with van der Waals surface area (Å²) in [5, 5.41) is 1.93. The van der Waals surface area contributed by atoms with Gasteiger partial charge in [0.25, 0.3) is 0 Å². The van der Waals surface area contributed by atoms with Crippen molar-refractivity contribution in [1.29, 1.82) is 0 Å². The minimum Gasteiger partial charge on any atom is -0.304 e. The molecule has 0 unspecified atom stereocenters. The number of nitrogens with zero attached hydrogens (tertiary/aromatic N) is 3. The number of likely N-dealkylation sites (N-methyl/N-ethyl adjacent to an activating group) is 1. The van der Waals surface area contributed by atoms with Gasteiger partial charge in [0.05, 0.1) is 5.75 Å². The van der Waals surface area contributed by atoms with E-state index in [2.05, 4.69) is 16.1 Å². The zero-order chi connectivity index (χ0) is 18.6. The second-order valence-electron chi connectivity index (χ2n) is 6.51. The van der Waals surface area contributed by atoms with Gasteiger partial charge in [-0.1, -0.05) is 30.3 Å². The molecular formula is C18H22N3O3S2. The molecule has 1 aromatic carbocycles. The average Bonchev–Trinajstić information content (AvgIpc) is 3.16. The SMILES string of the molecule is CN1CCN(S(=O)(=O)C[C@@H](Cc2ccccc2)C(=O)c2n[c]cs2)CC1. The van der Waals surface area contributed by atoms with E-state index in [1.54, 1.807) is 5.38 Å². The van der Waals surface area contributed by atoms with Gasteiger partial charge in [0, 0.05) is 37.5 Å². The van der Waals surface area contributed by atoms with Crippen LogP contribution in [0, 0.1) is 12.1 Å². The first-order valence-electron chi connectivity index (χ1n) is 8.52. The van der Waals surface area contributed by atoms with Crippen molar-refractivity contribution in [1.82, 2.24) is 14.2 Å². The van der Waals surface area contributed by atoms with Crippen molar-refractivity contribution >= 4 is 27.1 Å². The Morgan fingerprint density at radius 3 is 2.54 bits per heavy atom.